The Morgan fingerprint density at radius 1 is 1.15 bits per heavy atom. The van der Waals surface area contributed by atoms with Crippen LogP contribution in [0.15, 0.2) is 48.5 Å². The van der Waals surface area contributed by atoms with Gasteiger partial charge in [-0.1, -0.05) is 41.9 Å². The molecule has 0 aliphatic heterocycles. The van der Waals surface area contributed by atoms with Gasteiger partial charge in [0.25, 0.3) is 0 Å². The fourth-order valence-corrected chi connectivity index (χ4v) is 3.22. The number of halogens is 1. The van der Waals surface area contributed by atoms with Gasteiger partial charge >= 0.3 is 0 Å². The highest BCUT2D eigenvalue weighted by atomic mass is 35.5. The summed E-state index contributed by atoms with van der Waals surface area (Å²) in [6.45, 7) is 4.69. The Labute approximate surface area is 169 Å². The third-order valence-electron chi connectivity index (χ3n) is 4.20. The third-order valence-corrected chi connectivity index (χ3v) is 4.64. The molecule has 0 aliphatic rings. The monoisotopic (exact) mass is 400 g/mol. The molecular weight excluding hydrogens is 380 g/mol. The molecule has 1 heterocycles. The maximum atomic E-state index is 6.08. The Hall–Kier alpha value is -2.57. The summed E-state index contributed by atoms with van der Waals surface area (Å²) in [5, 5.41) is 12.1. The fraction of sp³-hybridized carbons (Fsp3) is 0.200. The lowest BCUT2D eigenvalue weighted by atomic mass is 10.2. The number of hydrogen-bond donors (Lipinski definition) is 2. The Balaban J connectivity index is 1.76. The first-order chi connectivity index (χ1) is 13.0. The first-order valence-corrected chi connectivity index (χ1v) is 9.26. The Bertz CT molecular complexity index is 956. The van der Waals surface area contributed by atoms with Crippen molar-refractivity contribution in [1.82, 2.24) is 9.78 Å². The molecule has 0 bridgehead atoms. The highest BCUT2D eigenvalue weighted by Crippen LogP contribution is 2.28. The minimum Gasteiger partial charge on any atom is -0.495 e. The lowest BCUT2D eigenvalue weighted by Gasteiger charge is -2.14. The van der Waals surface area contributed by atoms with Crippen LogP contribution in [0.1, 0.15) is 17.0 Å². The summed E-state index contributed by atoms with van der Waals surface area (Å²) >= 11 is 11.5. The molecule has 27 heavy (non-hydrogen) atoms. The maximum absolute atomic E-state index is 6.08. The van der Waals surface area contributed by atoms with Crippen LogP contribution in [-0.4, -0.2) is 22.0 Å². The fourth-order valence-electron chi connectivity index (χ4n) is 2.83. The number of ether oxygens (including phenoxy) is 1. The zero-order chi connectivity index (χ0) is 19.4. The standard InChI is InChI=1S/C20H21ClN4OS/c1-13-19(14(2)25(24-13)12-15-7-5-4-6-8-15)23-20(27)22-17-11-16(21)9-10-18(17)26-3/h4-11H,12H2,1-3H3,(H2,22,23,27). The van der Waals surface area contributed by atoms with Crippen LogP contribution in [-0.2, 0) is 6.54 Å². The number of aryl methyl sites for hydroxylation is 1. The number of hydrogen-bond acceptors (Lipinski definition) is 3. The average Bonchev–Trinajstić information content (AvgIpc) is 2.90. The van der Waals surface area contributed by atoms with E-state index in [0.717, 1.165) is 17.1 Å². The topological polar surface area (TPSA) is 51.1 Å². The second-order valence-electron chi connectivity index (χ2n) is 6.11. The molecule has 140 valence electrons. The normalized spacial score (nSPS) is 10.5. The van der Waals surface area contributed by atoms with E-state index in [2.05, 4.69) is 27.9 Å². The second-order valence-corrected chi connectivity index (χ2v) is 6.96. The Morgan fingerprint density at radius 2 is 1.89 bits per heavy atom. The lowest BCUT2D eigenvalue weighted by molar-refractivity contribution is 0.417. The van der Waals surface area contributed by atoms with Gasteiger partial charge in [0.05, 0.1) is 36.4 Å². The van der Waals surface area contributed by atoms with Crippen LogP contribution >= 0.6 is 23.8 Å². The van der Waals surface area contributed by atoms with E-state index in [1.807, 2.05) is 36.7 Å². The van der Waals surface area contributed by atoms with E-state index in [0.29, 0.717) is 28.1 Å². The molecule has 5 nitrogen and oxygen atoms in total. The molecule has 3 aromatic rings. The van der Waals surface area contributed by atoms with Crippen molar-refractivity contribution in [3.63, 3.8) is 0 Å². The van der Waals surface area contributed by atoms with E-state index >= 15 is 0 Å². The summed E-state index contributed by atoms with van der Waals surface area (Å²) in [4.78, 5) is 0. The molecule has 0 atom stereocenters. The summed E-state index contributed by atoms with van der Waals surface area (Å²) in [5.41, 5.74) is 4.68. The summed E-state index contributed by atoms with van der Waals surface area (Å²) in [5.74, 6) is 0.664. The number of anilines is 2. The minimum absolute atomic E-state index is 0.445. The summed E-state index contributed by atoms with van der Waals surface area (Å²) in [6, 6.07) is 15.6. The van der Waals surface area contributed by atoms with Crippen molar-refractivity contribution in [1.29, 1.82) is 0 Å². The Morgan fingerprint density at radius 3 is 2.59 bits per heavy atom. The van der Waals surface area contributed by atoms with Gasteiger partial charge in [0.15, 0.2) is 5.11 Å². The van der Waals surface area contributed by atoms with Gasteiger partial charge < -0.3 is 15.4 Å². The van der Waals surface area contributed by atoms with Crippen molar-refractivity contribution >= 4 is 40.3 Å². The first kappa shape index (κ1) is 19.2. The van der Waals surface area contributed by atoms with Gasteiger partial charge in [-0.15, -0.1) is 0 Å². The van der Waals surface area contributed by atoms with Crippen molar-refractivity contribution in [2.45, 2.75) is 20.4 Å². The van der Waals surface area contributed by atoms with Crippen LogP contribution in [0, 0.1) is 13.8 Å². The average molecular weight is 401 g/mol. The summed E-state index contributed by atoms with van der Waals surface area (Å²) < 4.78 is 7.31. The van der Waals surface area contributed by atoms with Crippen LogP contribution in [0.5, 0.6) is 5.75 Å². The van der Waals surface area contributed by atoms with Crippen LogP contribution in [0.3, 0.4) is 0 Å². The van der Waals surface area contributed by atoms with Crippen LogP contribution < -0.4 is 15.4 Å². The van der Waals surface area contributed by atoms with Crippen molar-refractivity contribution in [2.24, 2.45) is 0 Å². The predicted molar refractivity (Wildman–Crippen MR) is 115 cm³/mol. The molecule has 0 aliphatic carbocycles. The number of thiocarbonyl (C=S) groups is 1. The van der Waals surface area contributed by atoms with Gasteiger partial charge in [0.2, 0.25) is 0 Å². The predicted octanol–water partition coefficient (Wildman–Crippen LogP) is 5.02. The second kappa shape index (κ2) is 8.41. The number of benzene rings is 2. The summed E-state index contributed by atoms with van der Waals surface area (Å²) in [7, 11) is 1.60. The van der Waals surface area contributed by atoms with E-state index in [1.165, 1.54) is 5.56 Å². The van der Waals surface area contributed by atoms with E-state index < -0.39 is 0 Å². The van der Waals surface area contributed by atoms with Gasteiger partial charge in [0.1, 0.15) is 5.75 Å². The zero-order valence-electron chi connectivity index (χ0n) is 15.4. The van der Waals surface area contributed by atoms with Crippen molar-refractivity contribution in [3.05, 3.63) is 70.5 Å². The van der Waals surface area contributed by atoms with Gasteiger partial charge in [-0.25, -0.2) is 0 Å². The van der Waals surface area contributed by atoms with E-state index in [9.17, 15) is 0 Å². The molecule has 0 saturated carbocycles. The summed E-state index contributed by atoms with van der Waals surface area (Å²) in [6.07, 6.45) is 0. The molecule has 7 heteroatoms. The van der Waals surface area contributed by atoms with Gasteiger partial charge in [-0.05, 0) is 49.8 Å². The van der Waals surface area contributed by atoms with Gasteiger partial charge in [0, 0.05) is 5.02 Å². The van der Waals surface area contributed by atoms with E-state index in [1.54, 1.807) is 25.3 Å². The van der Waals surface area contributed by atoms with Crippen molar-refractivity contribution in [2.75, 3.05) is 17.7 Å². The van der Waals surface area contributed by atoms with Crippen LogP contribution in [0.25, 0.3) is 0 Å². The molecule has 3 rings (SSSR count). The lowest BCUT2D eigenvalue weighted by Crippen LogP contribution is -2.20. The molecule has 0 spiro atoms. The van der Waals surface area contributed by atoms with Crippen LogP contribution in [0.4, 0.5) is 11.4 Å². The number of rotatable bonds is 5. The molecule has 0 saturated heterocycles. The van der Waals surface area contributed by atoms with Gasteiger partial charge in [-0.2, -0.15) is 5.10 Å². The highest BCUT2D eigenvalue weighted by molar-refractivity contribution is 7.80. The minimum atomic E-state index is 0.445. The molecule has 2 N–H and O–H groups in total. The molecular formula is C20H21ClN4OS. The quantitative estimate of drug-likeness (QED) is 0.589. The van der Waals surface area contributed by atoms with Crippen molar-refractivity contribution < 1.29 is 4.74 Å². The maximum Gasteiger partial charge on any atom is 0.175 e. The van der Waals surface area contributed by atoms with E-state index in [-0.39, 0.29) is 0 Å². The molecule has 0 radical (unpaired) electrons. The smallest absolute Gasteiger partial charge is 0.175 e. The highest BCUT2D eigenvalue weighted by Gasteiger charge is 2.14. The van der Waals surface area contributed by atoms with Crippen molar-refractivity contribution in [3.8, 4) is 5.75 Å². The van der Waals surface area contributed by atoms with E-state index in [4.69, 9.17) is 28.6 Å². The molecule has 0 fully saturated rings. The number of nitrogens with zero attached hydrogens (tertiary/aromatic N) is 2. The largest absolute Gasteiger partial charge is 0.495 e. The first-order valence-electron chi connectivity index (χ1n) is 8.47. The zero-order valence-corrected chi connectivity index (χ0v) is 17.0. The molecule has 0 unspecified atom stereocenters. The molecule has 2 aromatic carbocycles. The molecule has 0 amide bonds. The number of aromatic nitrogens is 2. The van der Waals surface area contributed by atoms with Gasteiger partial charge in [-0.3, -0.25) is 4.68 Å². The third kappa shape index (κ3) is 4.59. The molecule has 1 aromatic heterocycles. The number of nitrogens with one attached hydrogen (secondary N) is 2. The Kier molecular flexibility index (Phi) is 5.98. The number of methoxy groups -OCH3 is 1. The SMILES string of the molecule is COc1ccc(Cl)cc1NC(=S)Nc1c(C)nn(Cc2ccccc2)c1C. The van der Waals surface area contributed by atoms with Crippen LogP contribution in [0.2, 0.25) is 5.02 Å².